The summed E-state index contributed by atoms with van der Waals surface area (Å²) in [5.41, 5.74) is 1.43. The van der Waals surface area contributed by atoms with E-state index in [-0.39, 0.29) is 18.4 Å². The second kappa shape index (κ2) is 8.17. The SMILES string of the molecule is CC=CC=CC(=O)NCC(=O)Nc1cccc(Cl)c1C. The Balaban J connectivity index is 2.48. The molecule has 0 radical (unpaired) electrons. The van der Waals surface area contributed by atoms with Crippen LogP contribution in [0.25, 0.3) is 0 Å². The van der Waals surface area contributed by atoms with Gasteiger partial charge in [-0.1, -0.05) is 35.9 Å². The van der Waals surface area contributed by atoms with E-state index in [0.29, 0.717) is 10.7 Å². The standard InChI is InChI=1S/C15H17ClN2O2/c1-3-4-5-9-14(19)17-10-15(20)18-13-8-6-7-12(16)11(13)2/h3-9H,10H2,1-2H3,(H,17,19)(H,18,20). The van der Waals surface area contributed by atoms with E-state index in [1.165, 1.54) is 6.08 Å². The van der Waals surface area contributed by atoms with Gasteiger partial charge in [-0.2, -0.15) is 0 Å². The van der Waals surface area contributed by atoms with Crippen molar-refractivity contribution in [3.05, 3.63) is 53.1 Å². The predicted octanol–water partition coefficient (Wildman–Crippen LogP) is 2.84. The number of nitrogens with one attached hydrogen (secondary N) is 2. The van der Waals surface area contributed by atoms with Gasteiger partial charge >= 0.3 is 0 Å². The number of anilines is 1. The molecule has 1 aromatic rings. The van der Waals surface area contributed by atoms with Gasteiger partial charge < -0.3 is 10.6 Å². The van der Waals surface area contributed by atoms with E-state index < -0.39 is 0 Å². The Bertz CT molecular complexity index is 551. The fourth-order valence-corrected chi connectivity index (χ4v) is 1.59. The highest BCUT2D eigenvalue weighted by molar-refractivity contribution is 6.31. The first-order chi connectivity index (χ1) is 9.54. The van der Waals surface area contributed by atoms with Gasteiger partial charge in [0.1, 0.15) is 0 Å². The van der Waals surface area contributed by atoms with Gasteiger partial charge in [0.25, 0.3) is 0 Å². The van der Waals surface area contributed by atoms with Crippen molar-refractivity contribution in [2.24, 2.45) is 0 Å². The zero-order valence-electron chi connectivity index (χ0n) is 11.4. The molecular weight excluding hydrogens is 276 g/mol. The summed E-state index contributed by atoms with van der Waals surface area (Å²) in [5, 5.41) is 5.77. The van der Waals surface area contributed by atoms with E-state index in [1.54, 1.807) is 36.4 Å². The van der Waals surface area contributed by atoms with E-state index in [2.05, 4.69) is 10.6 Å². The smallest absolute Gasteiger partial charge is 0.244 e. The van der Waals surface area contributed by atoms with E-state index in [1.807, 2.05) is 13.8 Å². The quantitative estimate of drug-likeness (QED) is 0.647. The molecule has 0 aliphatic heterocycles. The molecule has 2 amide bonds. The summed E-state index contributed by atoms with van der Waals surface area (Å²) in [6.07, 6.45) is 6.50. The summed E-state index contributed by atoms with van der Waals surface area (Å²) in [6.45, 7) is 3.57. The van der Waals surface area contributed by atoms with Crippen LogP contribution in [-0.2, 0) is 9.59 Å². The lowest BCUT2D eigenvalue weighted by Gasteiger charge is -2.09. The molecule has 4 nitrogen and oxygen atoms in total. The molecule has 0 saturated heterocycles. The second-order valence-corrected chi connectivity index (χ2v) is 4.47. The van der Waals surface area contributed by atoms with Gasteiger partial charge in [-0.3, -0.25) is 9.59 Å². The van der Waals surface area contributed by atoms with E-state index in [0.717, 1.165) is 5.56 Å². The maximum atomic E-state index is 11.7. The molecule has 2 N–H and O–H groups in total. The highest BCUT2D eigenvalue weighted by atomic mass is 35.5. The number of allylic oxidation sites excluding steroid dienone is 3. The minimum atomic E-state index is -0.318. The Morgan fingerprint density at radius 3 is 2.75 bits per heavy atom. The van der Waals surface area contributed by atoms with Gasteiger partial charge in [0.2, 0.25) is 11.8 Å². The molecule has 0 aliphatic carbocycles. The lowest BCUT2D eigenvalue weighted by molar-refractivity contribution is -0.121. The summed E-state index contributed by atoms with van der Waals surface area (Å²) >= 11 is 5.96. The lowest BCUT2D eigenvalue weighted by Crippen LogP contribution is -2.31. The largest absolute Gasteiger partial charge is 0.343 e. The van der Waals surface area contributed by atoms with Gasteiger partial charge in [-0.05, 0) is 31.5 Å². The van der Waals surface area contributed by atoms with Crippen LogP contribution in [0.15, 0.2) is 42.5 Å². The van der Waals surface area contributed by atoms with Crippen LogP contribution < -0.4 is 10.6 Å². The summed E-state index contributed by atoms with van der Waals surface area (Å²) in [6, 6.07) is 5.26. The third kappa shape index (κ3) is 5.28. The second-order valence-electron chi connectivity index (χ2n) is 4.06. The Labute approximate surface area is 123 Å². The fraction of sp³-hybridized carbons (Fsp3) is 0.200. The van der Waals surface area contributed by atoms with Crippen LogP contribution in [0.4, 0.5) is 5.69 Å². The molecule has 0 aromatic heterocycles. The van der Waals surface area contributed by atoms with Crippen LogP contribution in [0.1, 0.15) is 12.5 Å². The predicted molar refractivity (Wildman–Crippen MR) is 81.8 cm³/mol. The van der Waals surface area contributed by atoms with Crippen molar-refractivity contribution in [2.45, 2.75) is 13.8 Å². The number of amides is 2. The Morgan fingerprint density at radius 1 is 1.30 bits per heavy atom. The van der Waals surface area contributed by atoms with Crippen LogP contribution in [0.5, 0.6) is 0 Å². The van der Waals surface area contributed by atoms with E-state index in [4.69, 9.17) is 11.6 Å². The molecule has 1 aromatic carbocycles. The minimum absolute atomic E-state index is 0.0923. The van der Waals surface area contributed by atoms with Crippen LogP contribution in [-0.4, -0.2) is 18.4 Å². The molecule has 0 saturated carbocycles. The van der Waals surface area contributed by atoms with Gasteiger partial charge in [0, 0.05) is 16.8 Å². The highest BCUT2D eigenvalue weighted by Gasteiger charge is 2.07. The molecule has 1 rings (SSSR count). The summed E-state index contributed by atoms with van der Waals surface area (Å²) in [7, 11) is 0. The van der Waals surface area contributed by atoms with Crippen LogP contribution in [0.2, 0.25) is 5.02 Å². The van der Waals surface area contributed by atoms with Crippen molar-refractivity contribution in [3.8, 4) is 0 Å². The topological polar surface area (TPSA) is 58.2 Å². The average molecular weight is 293 g/mol. The number of halogens is 1. The van der Waals surface area contributed by atoms with Crippen LogP contribution in [0, 0.1) is 6.92 Å². The molecule has 0 bridgehead atoms. The summed E-state index contributed by atoms with van der Waals surface area (Å²) in [4.78, 5) is 23.1. The number of hydrogen-bond donors (Lipinski definition) is 2. The van der Waals surface area contributed by atoms with Crippen molar-refractivity contribution in [2.75, 3.05) is 11.9 Å². The molecule has 0 spiro atoms. The van der Waals surface area contributed by atoms with Gasteiger partial charge in [-0.15, -0.1) is 0 Å². The lowest BCUT2D eigenvalue weighted by atomic mass is 10.2. The average Bonchev–Trinajstić information content (AvgIpc) is 2.42. The molecule has 0 aliphatic rings. The zero-order valence-corrected chi connectivity index (χ0v) is 12.2. The van der Waals surface area contributed by atoms with Crippen molar-refractivity contribution >= 4 is 29.1 Å². The first kappa shape index (κ1) is 16.0. The molecule has 0 fully saturated rings. The number of carbonyl (C=O) groups excluding carboxylic acids is 2. The first-order valence-corrected chi connectivity index (χ1v) is 6.54. The maximum Gasteiger partial charge on any atom is 0.244 e. The highest BCUT2D eigenvalue weighted by Crippen LogP contribution is 2.22. The molecule has 0 heterocycles. The van der Waals surface area contributed by atoms with Gasteiger partial charge in [0.05, 0.1) is 6.54 Å². The van der Waals surface area contributed by atoms with E-state index in [9.17, 15) is 9.59 Å². The number of rotatable bonds is 5. The van der Waals surface area contributed by atoms with Gasteiger partial charge in [-0.25, -0.2) is 0 Å². The number of benzene rings is 1. The summed E-state index contributed by atoms with van der Waals surface area (Å²) < 4.78 is 0. The first-order valence-electron chi connectivity index (χ1n) is 6.16. The van der Waals surface area contributed by atoms with Crippen LogP contribution in [0.3, 0.4) is 0 Å². The monoisotopic (exact) mass is 292 g/mol. The van der Waals surface area contributed by atoms with E-state index >= 15 is 0 Å². The molecule has 106 valence electrons. The van der Waals surface area contributed by atoms with Gasteiger partial charge in [0.15, 0.2) is 0 Å². The third-order valence-corrected chi connectivity index (χ3v) is 2.93. The maximum absolute atomic E-state index is 11.7. The Kier molecular flexibility index (Phi) is 6.53. The van der Waals surface area contributed by atoms with Crippen molar-refractivity contribution in [1.82, 2.24) is 5.32 Å². The molecular formula is C15H17ClN2O2. The fourth-order valence-electron chi connectivity index (χ4n) is 1.42. The molecule has 0 atom stereocenters. The van der Waals surface area contributed by atoms with Crippen molar-refractivity contribution in [1.29, 1.82) is 0 Å². The Hall–Kier alpha value is -2.07. The molecule has 5 heteroatoms. The number of carbonyl (C=O) groups is 2. The van der Waals surface area contributed by atoms with Crippen molar-refractivity contribution < 1.29 is 9.59 Å². The third-order valence-electron chi connectivity index (χ3n) is 2.52. The molecule has 0 unspecified atom stereocenters. The number of hydrogen-bond acceptors (Lipinski definition) is 2. The molecule has 20 heavy (non-hydrogen) atoms. The zero-order chi connectivity index (χ0) is 15.0. The Morgan fingerprint density at radius 2 is 2.05 bits per heavy atom. The summed E-state index contributed by atoms with van der Waals surface area (Å²) in [5.74, 6) is -0.621. The van der Waals surface area contributed by atoms with Crippen LogP contribution >= 0.6 is 11.6 Å². The normalized spacial score (nSPS) is 10.9. The van der Waals surface area contributed by atoms with Crippen molar-refractivity contribution in [3.63, 3.8) is 0 Å². The minimum Gasteiger partial charge on any atom is -0.343 e.